The van der Waals surface area contributed by atoms with Gasteiger partial charge in [0, 0.05) is 12.0 Å². The first-order valence-corrected chi connectivity index (χ1v) is 8.35. The molecular weight excluding hydrogens is 270 g/mol. The fourth-order valence-electron chi connectivity index (χ4n) is 4.30. The van der Waals surface area contributed by atoms with Gasteiger partial charge in [-0.1, -0.05) is 20.8 Å². The standard InChI is InChI=1S/C17H28F2N2/c1-10(2)6-12-8-14(18)13(9-20)17(19)16(12)15-7-11(3)4-5-21-15/h10-17,21H,4-8H2,1-3H3. The predicted octanol–water partition coefficient (Wildman–Crippen LogP) is 3.87. The fourth-order valence-corrected chi connectivity index (χ4v) is 4.30. The van der Waals surface area contributed by atoms with Gasteiger partial charge >= 0.3 is 0 Å². The van der Waals surface area contributed by atoms with Crippen molar-refractivity contribution in [1.82, 2.24) is 5.32 Å². The lowest BCUT2D eigenvalue weighted by molar-refractivity contribution is -0.0165. The van der Waals surface area contributed by atoms with Crippen LogP contribution in [-0.2, 0) is 0 Å². The van der Waals surface area contributed by atoms with E-state index in [0.29, 0.717) is 18.3 Å². The summed E-state index contributed by atoms with van der Waals surface area (Å²) >= 11 is 0. The molecule has 1 heterocycles. The van der Waals surface area contributed by atoms with Crippen molar-refractivity contribution in [3.63, 3.8) is 0 Å². The van der Waals surface area contributed by atoms with Gasteiger partial charge in [-0.2, -0.15) is 5.26 Å². The predicted molar refractivity (Wildman–Crippen MR) is 80.1 cm³/mol. The lowest BCUT2D eigenvalue weighted by Gasteiger charge is -2.45. The van der Waals surface area contributed by atoms with Gasteiger partial charge < -0.3 is 5.32 Å². The van der Waals surface area contributed by atoms with Crippen LogP contribution in [0.3, 0.4) is 0 Å². The largest absolute Gasteiger partial charge is 0.314 e. The maximum atomic E-state index is 14.9. The van der Waals surface area contributed by atoms with Crippen LogP contribution in [0.5, 0.6) is 0 Å². The molecule has 7 atom stereocenters. The summed E-state index contributed by atoms with van der Waals surface area (Å²) in [6, 6.07) is 1.97. The van der Waals surface area contributed by atoms with E-state index in [1.807, 2.05) is 6.07 Å². The van der Waals surface area contributed by atoms with Crippen molar-refractivity contribution >= 4 is 0 Å². The van der Waals surface area contributed by atoms with E-state index >= 15 is 0 Å². The van der Waals surface area contributed by atoms with E-state index in [9.17, 15) is 8.78 Å². The molecule has 1 N–H and O–H groups in total. The molecule has 0 amide bonds. The van der Waals surface area contributed by atoms with Crippen molar-refractivity contribution in [2.75, 3.05) is 6.54 Å². The molecule has 0 spiro atoms. The van der Waals surface area contributed by atoms with Gasteiger partial charge in [0.1, 0.15) is 18.3 Å². The Kier molecular flexibility index (Phi) is 5.60. The van der Waals surface area contributed by atoms with Crippen molar-refractivity contribution in [3.8, 4) is 6.07 Å². The Hall–Kier alpha value is -0.690. The van der Waals surface area contributed by atoms with Crippen LogP contribution in [0.25, 0.3) is 0 Å². The number of hydrogen-bond acceptors (Lipinski definition) is 2. The van der Waals surface area contributed by atoms with E-state index in [1.54, 1.807) is 0 Å². The normalized spacial score (nSPS) is 44.5. The molecule has 2 rings (SSSR count). The van der Waals surface area contributed by atoms with Gasteiger partial charge in [0.15, 0.2) is 0 Å². The first-order valence-electron chi connectivity index (χ1n) is 8.35. The molecule has 2 fully saturated rings. The summed E-state index contributed by atoms with van der Waals surface area (Å²) in [4.78, 5) is 0. The smallest absolute Gasteiger partial charge is 0.123 e. The zero-order chi connectivity index (χ0) is 15.6. The number of nitrogens with zero attached hydrogens (tertiary/aromatic N) is 1. The minimum Gasteiger partial charge on any atom is -0.314 e. The molecule has 4 heteroatoms. The minimum absolute atomic E-state index is 0.0439. The quantitative estimate of drug-likeness (QED) is 0.858. The third-order valence-corrected chi connectivity index (χ3v) is 5.26. The molecule has 0 radical (unpaired) electrons. The third-order valence-electron chi connectivity index (χ3n) is 5.26. The number of alkyl halides is 2. The topological polar surface area (TPSA) is 35.8 Å². The highest BCUT2D eigenvalue weighted by atomic mass is 19.1. The highest BCUT2D eigenvalue weighted by Crippen LogP contribution is 2.44. The Balaban J connectivity index is 2.19. The van der Waals surface area contributed by atoms with Gasteiger partial charge in [-0.15, -0.1) is 0 Å². The van der Waals surface area contributed by atoms with Gasteiger partial charge in [-0.25, -0.2) is 8.78 Å². The number of hydrogen-bond donors (Lipinski definition) is 1. The Bertz CT molecular complexity index is 379. The van der Waals surface area contributed by atoms with E-state index in [1.165, 1.54) is 0 Å². The Morgan fingerprint density at radius 2 is 2.00 bits per heavy atom. The first-order chi connectivity index (χ1) is 9.93. The monoisotopic (exact) mass is 298 g/mol. The molecule has 0 bridgehead atoms. The highest BCUT2D eigenvalue weighted by molar-refractivity contribution is 5.05. The molecule has 1 saturated carbocycles. The van der Waals surface area contributed by atoms with Crippen LogP contribution in [0.15, 0.2) is 0 Å². The molecule has 21 heavy (non-hydrogen) atoms. The molecule has 2 nitrogen and oxygen atoms in total. The number of nitrogens with one attached hydrogen (secondary N) is 1. The minimum atomic E-state index is -1.34. The third kappa shape index (κ3) is 3.74. The van der Waals surface area contributed by atoms with Crippen molar-refractivity contribution < 1.29 is 8.78 Å². The second-order valence-corrected chi connectivity index (χ2v) is 7.51. The van der Waals surface area contributed by atoms with E-state index in [0.717, 1.165) is 25.8 Å². The second-order valence-electron chi connectivity index (χ2n) is 7.51. The summed E-state index contributed by atoms with van der Waals surface area (Å²) in [6.45, 7) is 7.30. The summed E-state index contributed by atoms with van der Waals surface area (Å²) in [5, 5.41) is 12.6. The maximum absolute atomic E-state index is 14.9. The molecule has 2 aliphatic rings. The summed E-state index contributed by atoms with van der Waals surface area (Å²) in [5.41, 5.74) is 0. The average Bonchev–Trinajstić information content (AvgIpc) is 2.38. The molecule has 7 unspecified atom stereocenters. The summed E-state index contributed by atoms with van der Waals surface area (Å²) in [7, 11) is 0. The van der Waals surface area contributed by atoms with Gasteiger partial charge in [-0.05, 0) is 50.0 Å². The Morgan fingerprint density at radius 3 is 2.57 bits per heavy atom. The molecule has 0 aromatic heterocycles. The van der Waals surface area contributed by atoms with Gasteiger partial charge in [0.2, 0.25) is 0 Å². The molecule has 0 aromatic carbocycles. The Morgan fingerprint density at radius 1 is 1.29 bits per heavy atom. The number of halogens is 2. The van der Waals surface area contributed by atoms with E-state index in [4.69, 9.17) is 5.26 Å². The Labute approximate surface area is 127 Å². The summed E-state index contributed by atoms with van der Waals surface area (Å²) in [5.74, 6) is -0.255. The number of piperidine rings is 1. The van der Waals surface area contributed by atoms with Crippen molar-refractivity contribution in [2.24, 2.45) is 29.6 Å². The van der Waals surface area contributed by atoms with E-state index in [-0.39, 0.29) is 17.9 Å². The van der Waals surface area contributed by atoms with Crippen LogP contribution < -0.4 is 5.32 Å². The summed E-state index contributed by atoms with van der Waals surface area (Å²) in [6.07, 6.45) is 0.581. The summed E-state index contributed by atoms with van der Waals surface area (Å²) < 4.78 is 29.0. The van der Waals surface area contributed by atoms with Crippen molar-refractivity contribution in [1.29, 1.82) is 5.26 Å². The molecule has 1 saturated heterocycles. The molecule has 120 valence electrons. The second kappa shape index (κ2) is 7.05. The lowest BCUT2D eigenvalue weighted by atomic mass is 9.65. The van der Waals surface area contributed by atoms with Gasteiger partial charge in [0.25, 0.3) is 0 Å². The van der Waals surface area contributed by atoms with Crippen LogP contribution in [0, 0.1) is 40.9 Å². The first kappa shape index (κ1) is 16.7. The SMILES string of the molecule is CC(C)CC1CC(F)C(C#N)C(F)C1C1CC(C)CCN1. The zero-order valence-electron chi connectivity index (χ0n) is 13.4. The highest BCUT2D eigenvalue weighted by Gasteiger charge is 2.49. The lowest BCUT2D eigenvalue weighted by Crippen LogP contribution is -2.54. The maximum Gasteiger partial charge on any atom is 0.123 e. The van der Waals surface area contributed by atoms with Crippen LogP contribution in [0.4, 0.5) is 8.78 Å². The molecule has 1 aliphatic heterocycles. The van der Waals surface area contributed by atoms with E-state index in [2.05, 4.69) is 26.1 Å². The van der Waals surface area contributed by atoms with Gasteiger partial charge in [0.05, 0.1) is 6.07 Å². The van der Waals surface area contributed by atoms with Crippen molar-refractivity contribution in [2.45, 2.75) is 64.8 Å². The van der Waals surface area contributed by atoms with Crippen molar-refractivity contribution in [3.05, 3.63) is 0 Å². The van der Waals surface area contributed by atoms with Crippen LogP contribution >= 0.6 is 0 Å². The fraction of sp³-hybridized carbons (Fsp3) is 0.941. The van der Waals surface area contributed by atoms with E-state index < -0.39 is 18.3 Å². The molecule has 1 aliphatic carbocycles. The van der Waals surface area contributed by atoms with Gasteiger partial charge in [-0.3, -0.25) is 0 Å². The van der Waals surface area contributed by atoms with Crippen LogP contribution in [-0.4, -0.2) is 24.9 Å². The zero-order valence-corrected chi connectivity index (χ0v) is 13.4. The average molecular weight is 298 g/mol. The number of rotatable bonds is 3. The molecular formula is C17H28F2N2. The molecule has 0 aromatic rings. The van der Waals surface area contributed by atoms with Crippen LogP contribution in [0.1, 0.15) is 46.5 Å². The van der Waals surface area contributed by atoms with Crippen LogP contribution in [0.2, 0.25) is 0 Å². The number of nitriles is 1.